The SMILES string of the molecule is COc1ccc(N(CC(=O)N(Cc2ccc(Br)cc2)C(Cc2ccccc2)C(=O)NC2CCCCC2)S(=O)(=O)c2ccc(C)cc2)cc1Cl. The van der Waals surface area contributed by atoms with Crippen molar-refractivity contribution in [1.82, 2.24) is 10.2 Å². The van der Waals surface area contributed by atoms with E-state index in [0.717, 1.165) is 57.6 Å². The van der Waals surface area contributed by atoms with Gasteiger partial charge in [0.1, 0.15) is 18.3 Å². The quantitative estimate of drug-likeness (QED) is 0.151. The molecule has 0 saturated heterocycles. The second-order valence-corrected chi connectivity index (χ2v) is 15.5. The number of carbonyl (C=O) groups excluding carboxylic acids is 2. The number of rotatable bonds is 13. The number of ether oxygens (including phenoxy) is 1. The molecule has 0 bridgehead atoms. The fourth-order valence-corrected chi connectivity index (χ4v) is 7.98. The number of nitrogens with zero attached hydrogens (tertiary/aromatic N) is 2. The van der Waals surface area contributed by atoms with E-state index in [1.165, 1.54) is 30.2 Å². The Kier molecular flexibility index (Phi) is 12.4. The largest absolute Gasteiger partial charge is 0.495 e. The number of halogens is 2. The molecule has 1 saturated carbocycles. The number of carbonyl (C=O) groups is 2. The molecule has 2 amide bonds. The maximum Gasteiger partial charge on any atom is 0.264 e. The number of hydrogen-bond donors (Lipinski definition) is 1. The van der Waals surface area contributed by atoms with Crippen LogP contribution in [0.3, 0.4) is 0 Å². The van der Waals surface area contributed by atoms with Gasteiger partial charge in [0.2, 0.25) is 11.8 Å². The number of hydrogen-bond acceptors (Lipinski definition) is 5. The van der Waals surface area contributed by atoms with Gasteiger partial charge in [-0.25, -0.2) is 8.42 Å². The molecule has 1 aliphatic carbocycles. The zero-order valence-corrected chi connectivity index (χ0v) is 30.8. The first kappa shape index (κ1) is 36.4. The predicted octanol–water partition coefficient (Wildman–Crippen LogP) is 7.70. The smallest absolute Gasteiger partial charge is 0.264 e. The third-order valence-corrected chi connectivity index (χ3v) is 11.4. The minimum Gasteiger partial charge on any atom is -0.495 e. The van der Waals surface area contributed by atoms with Crippen LogP contribution in [0.25, 0.3) is 0 Å². The van der Waals surface area contributed by atoms with E-state index in [0.29, 0.717) is 5.75 Å². The van der Waals surface area contributed by atoms with Gasteiger partial charge in [-0.1, -0.05) is 107 Å². The summed E-state index contributed by atoms with van der Waals surface area (Å²) < 4.78 is 35.9. The Balaban J connectivity index is 1.58. The first-order chi connectivity index (χ1) is 23.5. The number of benzene rings is 4. The molecule has 4 aromatic rings. The van der Waals surface area contributed by atoms with E-state index in [2.05, 4.69) is 21.2 Å². The Morgan fingerprint density at radius 1 is 0.918 bits per heavy atom. The lowest BCUT2D eigenvalue weighted by Gasteiger charge is -2.35. The van der Waals surface area contributed by atoms with E-state index in [1.54, 1.807) is 24.3 Å². The van der Waals surface area contributed by atoms with Gasteiger partial charge in [0.15, 0.2) is 0 Å². The van der Waals surface area contributed by atoms with Crippen LogP contribution in [0.4, 0.5) is 5.69 Å². The maximum atomic E-state index is 14.7. The Hall–Kier alpha value is -3.86. The van der Waals surface area contributed by atoms with Gasteiger partial charge in [0.05, 0.1) is 22.7 Å². The van der Waals surface area contributed by atoms with Crippen molar-refractivity contribution in [2.75, 3.05) is 18.0 Å². The Labute approximate surface area is 302 Å². The number of amides is 2. The molecule has 1 unspecified atom stereocenters. The van der Waals surface area contributed by atoms with Crippen molar-refractivity contribution < 1.29 is 22.7 Å². The van der Waals surface area contributed by atoms with E-state index in [-0.39, 0.29) is 40.5 Å². The van der Waals surface area contributed by atoms with Crippen LogP contribution in [0.1, 0.15) is 48.8 Å². The number of methoxy groups -OCH3 is 1. The molecular weight excluding hydrogens is 726 g/mol. The van der Waals surface area contributed by atoms with E-state index >= 15 is 0 Å². The molecule has 11 heteroatoms. The molecule has 0 aromatic heterocycles. The van der Waals surface area contributed by atoms with Crippen molar-refractivity contribution in [1.29, 1.82) is 0 Å². The Morgan fingerprint density at radius 2 is 1.59 bits per heavy atom. The molecule has 1 atom stereocenters. The average Bonchev–Trinajstić information content (AvgIpc) is 3.10. The van der Waals surface area contributed by atoms with Crippen LogP contribution in [-0.2, 0) is 32.6 Å². The summed E-state index contributed by atoms with van der Waals surface area (Å²) in [4.78, 5) is 30.5. The molecule has 1 aliphatic rings. The third-order valence-electron chi connectivity index (χ3n) is 8.80. The molecule has 0 spiro atoms. The molecule has 49 heavy (non-hydrogen) atoms. The first-order valence-electron chi connectivity index (χ1n) is 16.4. The molecule has 1 N–H and O–H groups in total. The second-order valence-electron chi connectivity index (χ2n) is 12.3. The molecule has 4 aromatic carbocycles. The van der Waals surface area contributed by atoms with Crippen molar-refractivity contribution in [3.63, 3.8) is 0 Å². The number of aryl methyl sites for hydroxylation is 1. The lowest BCUT2D eigenvalue weighted by Crippen LogP contribution is -2.55. The number of sulfonamides is 1. The van der Waals surface area contributed by atoms with Crippen molar-refractivity contribution in [2.24, 2.45) is 0 Å². The summed E-state index contributed by atoms with van der Waals surface area (Å²) in [6, 6.07) is 27.2. The maximum absolute atomic E-state index is 14.7. The summed E-state index contributed by atoms with van der Waals surface area (Å²) in [7, 11) is -2.79. The Morgan fingerprint density at radius 3 is 2.22 bits per heavy atom. The summed E-state index contributed by atoms with van der Waals surface area (Å²) >= 11 is 9.96. The second kappa shape index (κ2) is 16.7. The van der Waals surface area contributed by atoms with Crippen LogP contribution < -0.4 is 14.4 Å². The molecular formula is C38H41BrClN3O5S. The highest BCUT2D eigenvalue weighted by Gasteiger charge is 2.35. The fraction of sp³-hybridized carbons (Fsp3) is 0.316. The van der Waals surface area contributed by atoms with Gasteiger partial charge in [-0.05, 0) is 73.4 Å². The van der Waals surface area contributed by atoms with Gasteiger partial charge in [-0.2, -0.15) is 0 Å². The zero-order chi connectivity index (χ0) is 35.0. The summed E-state index contributed by atoms with van der Waals surface area (Å²) in [5.41, 5.74) is 2.75. The molecule has 258 valence electrons. The summed E-state index contributed by atoms with van der Waals surface area (Å²) in [5.74, 6) is -0.435. The summed E-state index contributed by atoms with van der Waals surface area (Å²) in [6.07, 6.45) is 5.21. The monoisotopic (exact) mass is 765 g/mol. The van der Waals surface area contributed by atoms with Crippen LogP contribution >= 0.6 is 27.5 Å². The zero-order valence-electron chi connectivity index (χ0n) is 27.6. The van der Waals surface area contributed by atoms with Gasteiger partial charge < -0.3 is 15.0 Å². The normalized spacial score (nSPS) is 14.1. The van der Waals surface area contributed by atoms with Gasteiger partial charge in [0, 0.05) is 23.5 Å². The van der Waals surface area contributed by atoms with Crippen LogP contribution in [0, 0.1) is 6.92 Å². The van der Waals surface area contributed by atoms with Crippen molar-refractivity contribution in [3.8, 4) is 5.75 Å². The van der Waals surface area contributed by atoms with E-state index in [4.69, 9.17) is 16.3 Å². The fourth-order valence-electron chi connectivity index (χ4n) is 6.06. The summed E-state index contributed by atoms with van der Waals surface area (Å²) in [6.45, 7) is 1.38. The highest BCUT2D eigenvalue weighted by Crippen LogP contribution is 2.32. The lowest BCUT2D eigenvalue weighted by atomic mass is 9.94. The predicted molar refractivity (Wildman–Crippen MR) is 197 cm³/mol. The van der Waals surface area contributed by atoms with Crippen molar-refractivity contribution in [2.45, 2.75) is 69.0 Å². The van der Waals surface area contributed by atoms with Gasteiger partial charge in [-0.15, -0.1) is 0 Å². The number of anilines is 1. The van der Waals surface area contributed by atoms with Crippen LogP contribution in [-0.4, -0.2) is 50.9 Å². The molecule has 0 radical (unpaired) electrons. The van der Waals surface area contributed by atoms with E-state index in [1.807, 2.05) is 61.5 Å². The van der Waals surface area contributed by atoms with Crippen molar-refractivity contribution >= 4 is 55.1 Å². The highest BCUT2D eigenvalue weighted by molar-refractivity contribution is 9.10. The molecule has 0 heterocycles. The van der Waals surface area contributed by atoms with Crippen LogP contribution in [0.5, 0.6) is 5.75 Å². The van der Waals surface area contributed by atoms with Gasteiger partial charge in [0.25, 0.3) is 10.0 Å². The minimum atomic E-state index is -4.26. The number of nitrogens with one attached hydrogen (secondary N) is 1. The average molecular weight is 767 g/mol. The molecule has 5 rings (SSSR count). The third kappa shape index (κ3) is 9.44. The highest BCUT2D eigenvalue weighted by atomic mass is 79.9. The minimum absolute atomic E-state index is 0.0176. The summed E-state index contributed by atoms with van der Waals surface area (Å²) in [5, 5.41) is 3.42. The first-order valence-corrected chi connectivity index (χ1v) is 19.0. The van der Waals surface area contributed by atoms with E-state index < -0.39 is 28.5 Å². The van der Waals surface area contributed by atoms with E-state index in [9.17, 15) is 18.0 Å². The van der Waals surface area contributed by atoms with Gasteiger partial charge >= 0.3 is 0 Å². The van der Waals surface area contributed by atoms with Crippen molar-refractivity contribution in [3.05, 3.63) is 123 Å². The Bertz CT molecular complexity index is 1830. The van der Waals surface area contributed by atoms with Crippen LogP contribution in [0.2, 0.25) is 5.02 Å². The molecule has 1 fully saturated rings. The molecule has 0 aliphatic heterocycles. The standard InChI is InChI=1S/C38H41BrClN3O5S/c1-27-13-20-33(21-14-27)49(46,47)43(32-19-22-36(48-2)34(40)24-32)26-37(44)42(25-29-15-17-30(39)18-16-29)35(23-28-9-5-3-6-10-28)38(45)41-31-11-7-4-8-12-31/h3,5-6,9-10,13-22,24,31,35H,4,7-8,11-12,23,25-26H2,1-2H3,(H,41,45). The topological polar surface area (TPSA) is 96.0 Å². The molecule has 8 nitrogen and oxygen atoms in total. The lowest BCUT2D eigenvalue weighted by molar-refractivity contribution is -0.140. The van der Waals surface area contributed by atoms with Gasteiger partial charge in [-0.3, -0.25) is 13.9 Å². The van der Waals surface area contributed by atoms with Crippen LogP contribution in [0.15, 0.2) is 106 Å².